The molecule has 0 bridgehead atoms. The lowest BCUT2D eigenvalue weighted by molar-refractivity contribution is 0.561. The van der Waals surface area contributed by atoms with Gasteiger partial charge in [0.05, 0.1) is 0 Å². The molecule has 0 aromatic rings. The lowest BCUT2D eigenvalue weighted by Gasteiger charge is -2.01. The molecule has 18 heavy (non-hydrogen) atoms. The van der Waals surface area contributed by atoms with Crippen LogP contribution in [0.4, 0.5) is 0 Å². The van der Waals surface area contributed by atoms with Crippen LogP contribution in [0.3, 0.4) is 0 Å². The molecule has 0 saturated carbocycles. The maximum Gasteiger partial charge on any atom is -0.0351 e. The van der Waals surface area contributed by atoms with Crippen molar-refractivity contribution in [1.29, 1.82) is 0 Å². The summed E-state index contributed by atoms with van der Waals surface area (Å²) in [6.07, 6.45) is 23.9. The van der Waals surface area contributed by atoms with Gasteiger partial charge in [-0.15, -0.1) is 0 Å². The minimum Gasteiger partial charge on any atom is -0.0885 e. The van der Waals surface area contributed by atoms with E-state index in [0.717, 1.165) is 6.42 Å². The monoisotopic (exact) mass is 251 g/mol. The van der Waals surface area contributed by atoms with E-state index in [9.17, 15) is 0 Å². The van der Waals surface area contributed by atoms with Crippen molar-refractivity contribution >= 4 is 0 Å². The standard InChI is InChI=1S/C18H35/c1-3-5-7-9-11-13-15-17-18-16-14-12-10-8-6-4-2/h10,12H,1,3-9,11,13-18H2,2H3. The predicted octanol–water partition coefficient (Wildman–Crippen LogP) is 6.86. The molecule has 0 heterocycles. The van der Waals surface area contributed by atoms with Gasteiger partial charge in [0.2, 0.25) is 0 Å². The number of unbranched alkanes of at least 4 members (excludes halogenated alkanes) is 12. The number of allylic oxidation sites excluding steroid dienone is 2. The Kier molecular flexibility index (Phi) is 16.5. The zero-order valence-electron chi connectivity index (χ0n) is 12.8. The van der Waals surface area contributed by atoms with Crippen molar-refractivity contribution in [2.45, 2.75) is 96.8 Å². The SMILES string of the molecule is [CH2]CCCCCCCCCCCC=CCCCC. The van der Waals surface area contributed by atoms with E-state index in [1.54, 1.807) is 0 Å². The van der Waals surface area contributed by atoms with Gasteiger partial charge in [0.1, 0.15) is 0 Å². The van der Waals surface area contributed by atoms with Crippen molar-refractivity contribution < 1.29 is 0 Å². The van der Waals surface area contributed by atoms with Gasteiger partial charge in [-0.1, -0.05) is 96.6 Å². The summed E-state index contributed by atoms with van der Waals surface area (Å²) in [5.74, 6) is 0. The molecule has 1 radical (unpaired) electrons. The minimum atomic E-state index is 1.12. The molecule has 0 heteroatoms. The summed E-state index contributed by atoms with van der Waals surface area (Å²) in [7, 11) is 0. The molecule has 0 amide bonds. The molecule has 0 unspecified atom stereocenters. The summed E-state index contributed by atoms with van der Waals surface area (Å²) in [5.41, 5.74) is 0. The highest BCUT2D eigenvalue weighted by Gasteiger charge is 1.91. The van der Waals surface area contributed by atoms with Gasteiger partial charge in [0.25, 0.3) is 0 Å². The molecule has 0 spiro atoms. The van der Waals surface area contributed by atoms with Gasteiger partial charge in [-0.05, 0) is 19.3 Å². The van der Waals surface area contributed by atoms with Gasteiger partial charge in [-0.2, -0.15) is 0 Å². The van der Waals surface area contributed by atoms with E-state index in [1.807, 2.05) is 0 Å². The fourth-order valence-corrected chi connectivity index (χ4v) is 2.23. The maximum atomic E-state index is 3.88. The van der Waals surface area contributed by atoms with E-state index in [-0.39, 0.29) is 0 Å². The van der Waals surface area contributed by atoms with Crippen molar-refractivity contribution in [2.75, 3.05) is 0 Å². The molecule has 0 aliphatic carbocycles. The van der Waals surface area contributed by atoms with Crippen LogP contribution in [-0.4, -0.2) is 0 Å². The molecule has 0 rings (SSSR count). The first-order chi connectivity index (χ1) is 8.91. The minimum absolute atomic E-state index is 1.12. The summed E-state index contributed by atoms with van der Waals surface area (Å²) in [6.45, 7) is 6.14. The highest BCUT2D eigenvalue weighted by Crippen LogP contribution is 2.11. The molecular formula is C18H35. The lowest BCUT2D eigenvalue weighted by atomic mass is 10.1. The van der Waals surface area contributed by atoms with Gasteiger partial charge < -0.3 is 0 Å². The van der Waals surface area contributed by atoms with Gasteiger partial charge >= 0.3 is 0 Å². The van der Waals surface area contributed by atoms with E-state index in [1.165, 1.54) is 83.5 Å². The average molecular weight is 251 g/mol. The Balaban J connectivity index is 2.96. The van der Waals surface area contributed by atoms with E-state index in [2.05, 4.69) is 26.0 Å². The Morgan fingerprint density at radius 2 is 1.06 bits per heavy atom. The summed E-state index contributed by atoms with van der Waals surface area (Å²) in [4.78, 5) is 0. The number of hydrogen-bond donors (Lipinski definition) is 0. The molecule has 0 aromatic carbocycles. The Hall–Kier alpha value is -0.260. The first kappa shape index (κ1) is 17.7. The molecule has 0 aliphatic heterocycles. The first-order valence-electron chi connectivity index (χ1n) is 8.36. The Morgan fingerprint density at radius 3 is 1.56 bits per heavy atom. The Bertz CT molecular complexity index is 157. The summed E-state index contributed by atoms with van der Waals surface area (Å²) in [5, 5.41) is 0. The largest absolute Gasteiger partial charge is 0.0885 e. The molecule has 0 fully saturated rings. The molecule has 0 aliphatic rings. The maximum absolute atomic E-state index is 3.88. The highest BCUT2D eigenvalue weighted by molar-refractivity contribution is 4.81. The molecule has 0 atom stereocenters. The average Bonchev–Trinajstić information content (AvgIpc) is 2.39. The second-order valence-electron chi connectivity index (χ2n) is 5.44. The fourth-order valence-electron chi connectivity index (χ4n) is 2.23. The third kappa shape index (κ3) is 15.7. The van der Waals surface area contributed by atoms with E-state index in [4.69, 9.17) is 0 Å². The summed E-state index contributed by atoms with van der Waals surface area (Å²) in [6, 6.07) is 0. The van der Waals surface area contributed by atoms with Crippen LogP contribution in [0, 0.1) is 6.92 Å². The van der Waals surface area contributed by atoms with Crippen LogP contribution >= 0.6 is 0 Å². The summed E-state index contributed by atoms with van der Waals surface area (Å²) >= 11 is 0. The van der Waals surface area contributed by atoms with Crippen molar-refractivity contribution in [2.24, 2.45) is 0 Å². The van der Waals surface area contributed by atoms with Gasteiger partial charge in [-0.25, -0.2) is 0 Å². The number of rotatable bonds is 14. The quantitative estimate of drug-likeness (QED) is 0.234. The predicted molar refractivity (Wildman–Crippen MR) is 84.8 cm³/mol. The van der Waals surface area contributed by atoms with E-state index < -0.39 is 0 Å². The Morgan fingerprint density at radius 1 is 0.611 bits per heavy atom. The number of hydrogen-bond acceptors (Lipinski definition) is 0. The zero-order valence-corrected chi connectivity index (χ0v) is 12.8. The first-order valence-corrected chi connectivity index (χ1v) is 8.36. The topological polar surface area (TPSA) is 0 Å². The van der Waals surface area contributed by atoms with Crippen LogP contribution in [0.1, 0.15) is 96.8 Å². The molecule has 0 nitrogen and oxygen atoms in total. The van der Waals surface area contributed by atoms with Crippen LogP contribution in [0.15, 0.2) is 12.2 Å². The zero-order chi connectivity index (χ0) is 13.3. The third-order valence-electron chi connectivity index (χ3n) is 3.51. The fraction of sp³-hybridized carbons (Fsp3) is 0.833. The van der Waals surface area contributed by atoms with Crippen LogP contribution in [-0.2, 0) is 0 Å². The lowest BCUT2D eigenvalue weighted by Crippen LogP contribution is -1.81. The summed E-state index contributed by atoms with van der Waals surface area (Å²) < 4.78 is 0. The van der Waals surface area contributed by atoms with Crippen LogP contribution in [0.25, 0.3) is 0 Å². The van der Waals surface area contributed by atoms with Gasteiger partial charge in [0, 0.05) is 0 Å². The molecule has 0 saturated heterocycles. The highest BCUT2D eigenvalue weighted by atomic mass is 14.0. The van der Waals surface area contributed by atoms with Gasteiger partial charge in [0.15, 0.2) is 0 Å². The van der Waals surface area contributed by atoms with Crippen LogP contribution in [0.5, 0.6) is 0 Å². The second-order valence-corrected chi connectivity index (χ2v) is 5.44. The van der Waals surface area contributed by atoms with Crippen LogP contribution < -0.4 is 0 Å². The van der Waals surface area contributed by atoms with E-state index in [0.29, 0.717) is 0 Å². The van der Waals surface area contributed by atoms with Crippen molar-refractivity contribution in [1.82, 2.24) is 0 Å². The van der Waals surface area contributed by atoms with Gasteiger partial charge in [-0.3, -0.25) is 0 Å². The van der Waals surface area contributed by atoms with Crippen molar-refractivity contribution in [3.05, 3.63) is 19.1 Å². The molecular weight excluding hydrogens is 216 g/mol. The second kappa shape index (κ2) is 16.7. The van der Waals surface area contributed by atoms with Crippen molar-refractivity contribution in [3.8, 4) is 0 Å². The Labute approximate surface area is 116 Å². The smallest absolute Gasteiger partial charge is 0.0351 e. The van der Waals surface area contributed by atoms with E-state index >= 15 is 0 Å². The van der Waals surface area contributed by atoms with Crippen molar-refractivity contribution in [3.63, 3.8) is 0 Å². The molecule has 107 valence electrons. The van der Waals surface area contributed by atoms with Crippen LogP contribution in [0.2, 0.25) is 0 Å². The normalized spacial score (nSPS) is 11.4. The molecule has 0 aromatic heterocycles. The third-order valence-corrected chi connectivity index (χ3v) is 3.51. The molecule has 0 N–H and O–H groups in total.